The van der Waals surface area contributed by atoms with E-state index in [1.807, 2.05) is 24.3 Å². The highest BCUT2D eigenvalue weighted by Gasteiger charge is 2.41. The molecule has 1 N–H and O–H groups in total. The van der Waals surface area contributed by atoms with Crippen molar-refractivity contribution in [1.29, 1.82) is 0 Å². The van der Waals surface area contributed by atoms with Crippen LogP contribution < -0.4 is 14.5 Å². The van der Waals surface area contributed by atoms with Gasteiger partial charge in [0.05, 0.1) is 28.1 Å². The zero-order chi connectivity index (χ0) is 30.8. The third kappa shape index (κ3) is 5.55. The predicted molar refractivity (Wildman–Crippen MR) is 172 cm³/mol. The number of nitrogens with one attached hydrogen (secondary N) is 1. The summed E-state index contributed by atoms with van der Waals surface area (Å²) in [6, 6.07) is 9.74. The van der Waals surface area contributed by atoms with Crippen LogP contribution in [0.15, 0.2) is 40.9 Å². The number of aromatic nitrogens is 3. The zero-order valence-electron chi connectivity index (χ0n) is 25.8. The summed E-state index contributed by atoms with van der Waals surface area (Å²) in [5.74, 6) is 1.85. The minimum absolute atomic E-state index is 0.0135. The van der Waals surface area contributed by atoms with Gasteiger partial charge < -0.3 is 19.1 Å². The van der Waals surface area contributed by atoms with Gasteiger partial charge in [-0.2, -0.15) is 0 Å². The number of sulfonamides is 1. The quantitative estimate of drug-likeness (QED) is 0.427. The molecule has 1 atom stereocenters. The number of hydrogen-bond donors (Lipinski definition) is 1. The number of amides is 1. The molecule has 2 saturated heterocycles. The van der Waals surface area contributed by atoms with Crippen molar-refractivity contribution < 1.29 is 17.6 Å². The molecular weight excluding hydrogens is 590 g/mol. The summed E-state index contributed by atoms with van der Waals surface area (Å²) in [6.07, 6.45) is 10.2. The van der Waals surface area contributed by atoms with E-state index in [2.05, 4.69) is 41.5 Å². The van der Waals surface area contributed by atoms with Crippen LogP contribution in [-0.2, 0) is 14.8 Å². The van der Waals surface area contributed by atoms with Gasteiger partial charge in [-0.15, -0.1) is 10.2 Å². The van der Waals surface area contributed by atoms with E-state index in [0.717, 1.165) is 87.3 Å². The Labute approximate surface area is 264 Å². The fraction of sp³-hybridized carbons (Fsp3) is 0.576. The second-order valence-corrected chi connectivity index (χ2v) is 16.0. The van der Waals surface area contributed by atoms with Crippen LogP contribution in [0.25, 0.3) is 22.9 Å². The third-order valence-corrected chi connectivity index (χ3v) is 12.5. The summed E-state index contributed by atoms with van der Waals surface area (Å²) >= 11 is 0. The van der Waals surface area contributed by atoms with E-state index in [0.29, 0.717) is 48.8 Å². The monoisotopic (exact) mass is 631 g/mol. The number of carbonyl (C=O) groups excluding carboxylic acids is 1. The molecule has 4 fully saturated rings. The lowest BCUT2D eigenvalue weighted by molar-refractivity contribution is -0.142. The molecule has 4 aliphatic heterocycles. The SMILES string of the molecule is CC12CCN(CC1)c1cc(NS(=O)(=O)C3CC3)ccc1-c1nnc(o1)-c1ccnc(c1)N1CCCC(C1)C(=O)N(C1CCC1)C2. The van der Waals surface area contributed by atoms with E-state index in [-0.39, 0.29) is 16.6 Å². The molecule has 2 saturated carbocycles. The van der Waals surface area contributed by atoms with Gasteiger partial charge in [-0.3, -0.25) is 9.52 Å². The lowest BCUT2D eigenvalue weighted by Gasteiger charge is -2.48. The summed E-state index contributed by atoms with van der Waals surface area (Å²) in [7, 11) is -3.42. The van der Waals surface area contributed by atoms with Crippen molar-refractivity contribution >= 4 is 33.1 Å². The van der Waals surface area contributed by atoms with E-state index < -0.39 is 10.0 Å². The minimum Gasteiger partial charge on any atom is -0.416 e. The Morgan fingerprint density at radius 3 is 2.49 bits per heavy atom. The molecule has 1 amide bonds. The Balaban J connectivity index is 1.20. The molecule has 6 aliphatic rings. The van der Waals surface area contributed by atoms with Crippen molar-refractivity contribution in [2.24, 2.45) is 11.3 Å². The molecule has 45 heavy (non-hydrogen) atoms. The number of anilines is 3. The van der Waals surface area contributed by atoms with Crippen LogP contribution in [0.4, 0.5) is 17.2 Å². The summed E-state index contributed by atoms with van der Waals surface area (Å²) < 4.78 is 34.7. The van der Waals surface area contributed by atoms with Crippen molar-refractivity contribution in [3.8, 4) is 22.9 Å². The first-order chi connectivity index (χ1) is 21.7. The molecule has 3 aromatic rings. The predicted octanol–water partition coefficient (Wildman–Crippen LogP) is 4.92. The molecule has 0 radical (unpaired) electrons. The van der Waals surface area contributed by atoms with Gasteiger partial charge in [0, 0.05) is 50.5 Å². The molecule has 238 valence electrons. The van der Waals surface area contributed by atoms with Gasteiger partial charge in [-0.1, -0.05) is 6.92 Å². The lowest BCUT2D eigenvalue weighted by Crippen LogP contribution is -2.55. The van der Waals surface area contributed by atoms with E-state index >= 15 is 0 Å². The Morgan fingerprint density at radius 1 is 0.933 bits per heavy atom. The standard InChI is InChI=1S/C33H41N7O4S/c1-33-12-16-38(17-13-33)28-19-24(37-45(42,43)26-8-9-26)7-10-27(28)31-36-35-30(44-31)22-11-14-34-29(18-22)39-15-3-4-23(20-39)32(41)40(21-33)25-5-2-6-25/h7,10-11,14,18-19,23,25-26,37H,2-6,8-9,12-13,15-17,20-21H2,1H3. The van der Waals surface area contributed by atoms with Crippen LogP contribution in [0, 0.1) is 11.3 Å². The number of piperidine rings is 2. The largest absolute Gasteiger partial charge is 0.416 e. The number of carbonyl (C=O) groups is 1. The highest BCUT2D eigenvalue weighted by atomic mass is 32.2. The molecule has 11 nitrogen and oxygen atoms in total. The maximum Gasteiger partial charge on any atom is 0.250 e. The molecule has 12 heteroatoms. The molecule has 8 bridgehead atoms. The van der Waals surface area contributed by atoms with Gasteiger partial charge >= 0.3 is 0 Å². The van der Waals surface area contributed by atoms with Crippen LogP contribution in [0.2, 0.25) is 0 Å². The zero-order valence-corrected chi connectivity index (χ0v) is 26.6. The van der Waals surface area contributed by atoms with Gasteiger partial charge in [-0.05, 0) is 93.5 Å². The van der Waals surface area contributed by atoms with E-state index in [9.17, 15) is 13.2 Å². The van der Waals surface area contributed by atoms with E-state index in [1.165, 1.54) is 6.42 Å². The lowest BCUT2D eigenvalue weighted by atomic mass is 9.77. The average molecular weight is 632 g/mol. The molecule has 0 spiro atoms. The van der Waals surface area contributed by atoms with Crippen LogP contribution in [0.5, 0.6) is 0 Å². The van der Waals surface area contributed by atoms with Crippen LogP contribution >= 0.6 is 0 Å². The minimum atomic E-state index is -3.42. The van der Waals surface area contributed by atoms with Crippen molar-refractivity contribution in [2.75, 3.05) is 47.2 Å². The molecule has 1 unspecified atom stereocenters. The van der Waals surface area contributed by atoms with Crippen LogP contribution in [-0.4, -0.2) is 78.4 Å². The fourth-order valence-electron chi connectivity index (χ4n) is 7.40. The Bertz CT molecular complexity index is 1710. The van der Waals surface area contributed by atoms with Gasteiger partial charge in [0.2, 0.25) is 27.7 Å². The molecule has 1 aromatic carbocycles. The number of benzene rings is 1. The summed E-state index contributed by atoms with van der Waals surface area (Å²) in [6.45, 7) is 6.18. The number of nitrogens with zero attached hydrogens (tertiary/aromatic N) is 6. The molecule has 2 aliphatic carbocycles. The first kappa shape index (κ1) is 28.8. The fourth-order valence-corrected chi connectivity index (χ4v) is 8.78. The van der Waals surface area contributed by atoms with E-state index in [4.69, 9.17) is 4.42 Å². The number of pyridine rings is 1. The highest BCUT2D eigenvalue weighted by Crippen LogP contribution is 2.42. The Morgan fingerprint density at radius 2 is 1.73 bits per heavy atom. The second-order valence-electron chi connectivity index (χ2n) is 14.0. The Hall–Kier alpha value is -3.67. The summed E-state index contributed by atoms with van der Waals surface area (Å²) in [4.78, 5) is 25.7. The summed E-state index contributed by atoms with van der Waals surface area (Å²) in [5, 5.41) is 8.56. The maximum absolute atomic E-state index is 14.3. The van der Waals surface area contributed by atoms with Crippen molar-refractivity contribution in [1.82, 2.24) is 20.1 Å². The number of hydrogen-bond acceptors (Lipinski definition) is 9. The average Bonchev–Trinajstić information content (AvgIpc) is 3.78. The van der Waals surface area contributed by atoms with E-state index in [1.54, 1.807) is 12.3 Å². The van der Waals surface area contributed by atoms with Crippen molar-refractivity contribution in [3.63, 3.8) is 0 Å². The van der Waals surface area contributed by atoms with Crippen molar-refractivity contribution in [2.45, 2.75) is 76.0 Å². The molecule has 6 heterocycles. The highest BCUT2D eigenvalue weighted by molar-refractivity contribution is 7.93. The number of fused-ring (bicyclic) bond motifs is 4. The first-order valence-electron chi connectivity index (χ1n) is 16.5. The van der Waals surface area contributed by atoms with Gasteiger partial charge in [0.25, 0.3) is 0 Å². The molecular formula is C33H41N7O4S. The topological polar surface area (TPSA) is 125 Å². The first-order valence-corrected chi connectivity index (χ1v) is 18.1. The van der Waals surface area contributed by atoms with Crippen molar-refractivity contribution in [3.05, 3.63) is 36.5 Å². The molecule has 9 rings (SSSR count). The Kier molecular flexibility index (Phi) is 7.03. The van der Waals surface area contributed by atoms with Crippen LogP contribution in [0.1, 0.15) is 64.7 Å². The smallest absolute Gasteiger partial charge is 0.250 e. The van der Waals surface area contributed by atoms with Gasteiger partial charge in [0.15, 0.2) is 0 Å². The maximum atomic E-state index is 14.3. The third-order valence-electron chi connectivity index (χ3n) is 10.6. The second kappa shape index (κ2) is 11.0. The normalized spacial score (nSPS) is 25.8. The van der Waals surface area contributed by atoms with Crippen LogP contribution in [0.3, 0.4) is 0 Å². The molecule has 2 aromatic heterocycles. The summed E-state index contributed by atoms with van der Waals surface area (Å²) in [5.41, 5.74) is 2.94. The van der Waals surface area contributed by atoms with Gasteiger partial charge in [0.1, 0.15) is 5.82 Å². The number of rotatable bonds is 4. The van der Waals surface area contributed by atoms with Gasteiger partial charge in [-0.25, -0.2) is 13.4 Å².